The van der Waals surface area contributed by atoms with Crippen LogP contribution < -0.4 is 15.4 Å². The van der Waals surface area contributed by atoms with Crippen molar-refractivity contribution in [1.29, 1.82) is 0 Å². The number of carbonyl (C=O) groups is 2. The molecule has 0 aliphatic rings. The van der Waals surface area contributed by atoms with Gasteiger partial charge in [0.25, 0.3) is 5.91 Å². The molecule has 0 atom stereocenters. The molecule has 0 saturated heterocycles. The fourth-order valence-electron chi connectivity index (χ4n) is 2.18. The molecule has 0 aliphatic heterocycles. The SMILES string of the molecule is CCCC(=O)Nc1cccc(NC(=O)c2cc(Br)ccc2OC)c1. The summed E-state index contributed by atoms with van der Waals surface area (Å²) in [6.45, 7) is 1.95. The standard InChI is InChI=1S/C18H19BrN2O3/c1-3-5-17(22)20-13-6-4-7-14(11-13)21-18(23)15-10-12(19)8-9-16(15)24-2/h4,6-11H,3,5H2,1-2H3,(H,20,22)(H,21,23). The zero-order chi connectivity index (χ0) is 17.5. The Balaban J connectivity index is 2.15. The number of ether oxygens (including phenoxy) is 1. The maximum absolute atomic E-state index is 12.5. The molecule has 126 valence electrons. The van der Waals surface area contributed by atoms with Crippen molar-refractivity contribution in [3.63, 3.8) is 0 Å². The molecule has 0 radical (unpaired) electrons. The summed E-state index contributed by atoms with van der Waals surface area (Å²) in [4.78, 5) is 24.2. The van der Waals surface area contributed by atoms with Gasteiger partial charge in [-0.25, -0.2) is 0 Å². The van der Waals surface area contributed by atoms with Crippen molar-refractivity contribution < 1.29 is 14.3 Å². The Hall–Kier alpha value is -2.34. The number of hydrogen-bond donors (Lipinski definition) is 2. The van der Waals surface area contributed by atoms with Crippen LogP contribution in [0.5, 0.6) is 5.75 Å². The molecule has 2 N–H and O–H groups in total. The van der Waals surface area contributed by atoms with Crippen LogP contribution in [0, 0.1) is 0 Å². The van der Waals surface area contributed by atoms with Gasteiger partial charge >= 0.3 is 0 Å². The number of benzene rings is 2. The number of anilines is 2. The van der Waals surface area contributed by atoms with E-state index in [-0.39, 0.29) is 11.8 Å². The minimum Gasteiger partial charge on any atom is -0.496 e. The lowest BCUT2D eigenvalue weighted by atomic mass is 10.1. The van der Waals surface area contributed by atoms with Gasteiger partial charge in [-0.05, 0) is 42.8 Å². The Labute approximate surface area is 149 Å². The van der Waals surface area contributed by atoms with Crippen LogP contribution in [0.15, 0.2) is 46.9 Å². The molecular formula is C18H19BrN2O3. The molecule has 0 spiro atoms. The van der Waals surface area contributed by atoms with Crippen molar-refractivity contribution >= 4 is 39.1 Å². The topological polar surface area (TPSA) is 67.4 Å². The van der Waals surface area contributed by atoms with Crippen LogP contribution in [-0.2, 0) is 4.79 Å². The molecular weight excluding hydrogens is 372 g/mol. The molecule has 2 aromatic rings. The first-order valence-electron chi connectivity index (χ1n) is 7.58. The van der Waals surface area contributed by atoms with E-state index in [0.717, 1.165) is 10.9 Å². The Bertz CT molecular complexity index is 747. The maximum atomic E-state index is 12.5. The summed E-state index contributed by atoms with van der Waals surface area (Å²) in [5.41, 5.74) is 1.66. The summed E-state index contributed by atoms with van der Waals surface area (Å²) in [5, 5.41) is 5.62. The second kappa shape index (κ2) is 8.49. The van der Waals surface area contributed by atoms with Gasteiger partial charge in [0.05, 0.1) is 12.7 Å². The first-order chi connectivity index (χ1) is 11.5. The Morgan fingerprint density at radius 2 is 1.79 bits per heavy atom. The van der Waals surface area contributed by atoms with Crippen LogP contribution in [0.1, 0.15) is 30.1 Å². The minimum absolute atomic E-state index is 0.0466. The van der Waals surface area contributed by atoms with Gasteiger partial charge in [-0.1, -0.05) is 28.9 Å². The zero-order valence-corrected chi connectivity index (χ0v) is 15.1. The maximum Gasteiger partial charge on any atom is 0.259 e. The Kier molecular flexibility index (Phi) is 6.37. The molecule has 0 unspecified atom stereocenters. The van der Waals surface area contributed by atoms with E-state index in [1.165, 1.54) is 7.11 Å². The number of hydrogen-bond acceptors (Lipinski definition) is 3. The predicted molar refractivity (Wildman–Crippen MR) is 98.6 cm³/mol. The largest absolute Gasteiger partial charge is 0.496 e. The molecule has 0 fully saturated rings. The van der Waals surface area contributed by atoms with Gasteiger partial charge < -0.3 is 15.4 Å². The van der Waals surface area contributed by atoms with Crippen LogP contribution in [0.25, 0.3) is 0 Å². The smallest absolute Gasteiger partial charge is 0.259 e. The first kappa shape index (κ1) is 18.0. The molecule has 2 aromatic carbocycles. The number of halogens is 1. The highest BCUT2D eigenvalue weighted by atomic mass is 79.9. The van der Waals surface area contributed by atoms with E-state index in [9.17, 15) is 9.59 Å². The quantitative estimate of drug-likeness (QED) is 0.765. The second-order valence-corrected chi connectivity index (χ2v) is 6.09. The Morgan fingerprint density at radius 1 is 1.08 bits per heavy atom. The van der Waals surface area contributed by atoms with E-state index in [1.54, 1.807) is 42.5 Å². The third-order valence-electron chi connectivity index (χ3n) is 3.29. The van der Waals surface area contributed by atoms with Gasteiger partial charge in [-0.15, -0.1) is 0 Å². The van der Waals surface area contributed by atoms with E-state index in [0.29, 0.717) is 29.1 Å². The van der Waals surface area contributed by atoms with Crippen LogP contribution in [-0.4, -0.2) is 18.9 Å². The van der Waals surface area contributed by atoms with Gasteiger partial charge in [-0.3, -0.25) is 9.59 Å². The van der Waals surface area contributed by atoms with Crippen molar-refractivity contribution in [3.8, 4) is 5.75 Å². The average molecular weight is 391 g/mol. The number of methoxy groups -OCH3 is 1. The predicted octanol–water partition coefficient (Wildman–Crippen LogP) is 4.45. The number of rotatable bonds is 6. The highest BCUT2D eigenvalue weighted by molar-refractivity contribution is 9.10. The van der Waals surface area contributed by atoms with E-state index in [4.69, 9.17) is 4.74 Å². The summed E-state index contributed by atoms with van der Waals surface area (Å²) < 4.78 is 6.01. The summed E-state index contributed by atoms with van der Waals surface area (Å²) >= 11 is 3.35. The molecule has 2 amide bonds. The average Bonchev–Trinajstić information content (AvgIpc) is 2.55. The summed E-state index contributed by atoms with van der Waals surface area (Å²) in [7, 11) is 1.52. The van der Waals surface area contributed by atoms with Crippen LogP contribution in [0.4, 0.5) is 11.4 Å². The fraction of sp³-hybridized carbons (Fsp3) is 0.222. The normalized spacial score (nSPS) is 10.1. The third kappa shape index (κ3) is 4.83. The highest BCUT2D eigenvalue weighted by Crippen LogP contribution is 2.24. The second-order valence-electron chi connectivity index (χ2n) is 5.18. The van der Waals surface area contributed by atoms with Crippen molar-refractivity contribution in [3.05, 3.63) is 52.5 Å². The summed E-state index contributed by atoms with van der Waals surface area (Å²) in [5.74, 6) is 0.155. The third-order valence-corrected chi connectivity index (χ3v) is 3.78. The lowest BCUT2D eigenvalue weighted by Crippen LogP contribution is -2.14. The van der Waals surface area contributed by atoms with Gasteiger partial charge in [0.2, 0.25) is 5.91 Å². The van der Waals surface area contributed by atoms with E-state index in [2.05, 4.69) is 26.6 Å². The van der Waals surface area contributed by atoms with Gasteiger partial charge in [0.1, 0.15) is 5.75 Å². The van der Waals surface area contributed by atoms with Crippen molar-refractivity contribution in [2.45, 2.75) is 19.8 Å². The molecule has 2 rings (SSSR count). The Morgan fingerprint density at radius 3 is 2.46 bits per heavy atom. The molecule has 0 aliphatic carbocycles. The number of amides is 2. The zero-order valence-electron chi connectivity index (χ0n) is 13.6. The van der Waals surface area contributed by atoms with Crippen LogP contribution >= 0.6 is 15.9 Å². The molecule has 0 heterocycles. The van der Waals surface area contributed by atoms with Gasteiger partial charge in [0, 0.05) is 22.3 Å². The number of nitrogens with one attached hydrogen (secondary N) is 2. The lowest BCUT2D eigenvalue weighted by Gasteiger charge is -2.11. The first-order valence-corrected chi connectivity index (χ1v) is 8.37. The van der Waals surface area contributed by atoms with E-state index < -0.39 is 0 Å². The molecule has 6 heteroatoms. The van der Waals surface area contributed by atoms with Crippen LogP contribution in [0.2, 0.25) is 0 Å². The monoisotopic (exact) mass is 390 g/mol. The van der Waals surface area contributed by atoms with Crippen molar-refractivity contribution in [2.75, 3.05) is 17.7 Å². The van der Waals surface area contributed by atoms with E-state index >= 15 is 0 Å². The van der Waals surface area contributed by atoms with Gasteiger partial charge in [0.15, 0.2) is 0 Å². The van der Waals surface area contributed by atoms with Crippen molar-refractivity contribution in [2.24, 2.45) is 0 Å². The number of carbonyl (C=O) groups excluding carboxylic acids is 2. The molecule has 0 saturated carbocycles. The fourth-order valence-corrected chi connectivity index (χ4v) is 2.54. The lowest BCUT2D eigenvalue weighted by molar-refractivity contribution is -0.116. The van der Waals surface area contributed by atoms with E-state index in [1.807, 2.05) is 6.92 Å². The highest BCUT2D eigenvalue weighted by Gasteiger charge is 2.13. The summed E-state index contributed by atoms with van der Waals surface area (Å²) in [6.07, 6.45) is 1.25. The van der Waals surface area contributed by atoms with Crippen LogP contribution in [0.3, 0.4) is 0 Å². The van der Waals surface area contributed by atoms with Gasteiger partial charge in [-0.2, -0.15) is 0 Å². The summed E-state index contributed by atoms with van der Waals surface area (Å²) in [6, 6.07) is 12.3. The molecule has 24 heavy (non-hydrogen) atoms. The minimum atomic E-state index is -0.287. The van der Waals surface area contributed by atoms with Crippen molar-refractivity contribution in [1.82, 2.24) is 0 Å². The molecule has 0 aromatic heterocycles. The molecule has 5 nitrogen and oxygen atoms in total. The molecule has 0 bridgehead atoms.